The Bertz CT molecular complexity index is 4030. The van der Waals surface area contributed by atoms with Crippen LogP contribution in [0.3, 0.4) is 0 Å². The minimum atomic E-state index is -0.773. The van der Waals surface area contributed by atoms with Crippen molar-refractivity contribution in [3.05, 3.63) is 181 Å². The van der Waals surface area contributed by atoms with E-state index in [2.05, 4.69) is 0 Å². The normalized spacial score (nSPS) is 18.0. The van der Waals surface area contributed by atoms with Gasteiger partial charge in [-0.15, -0.1) is 0 Å². The van der Waals surface area contributed by atoms with Crippen LogP contribution in [-0.2, 0) is 0 Å². The van der Waals surface area contributed by atoms with E-state index >= 15 is 0 Å². The minimum absolute atomic E-state index is 0.0999. The van der Waals surface area contributed by atoms with Crippen molar-refractivity contribution in [3.8, 4) is 44.5 Å². The Labute approximate surface area is 315 Å². The minimum Gasteiger partial charge on any atom is -0.456 e. The Balaban J connectivity index is 1.40. The van der Waals surface area contributed by atoms with Gasteiger partial charge in [-0.2, -0.15) is 0 Å². The molecule has 0 bridgehead atoms. The second-order valence-electron chi connectivity index (χ2n) is 11.1. The summed E-state index contributed by atoms with van der Waals surface area (Å²) in [6.45, 7) is 0. The van der Waals surface area contributed by atoms with E-state index in [0.717, 1.165) is 0 Å². The largest absolute Gasteiger partial charge is 0.456 e. The van der Waals surface area contributed by atoms with E-state index in [1.807, 2.05) is 0 Å². The van der Waals surface area contributed by atoms with E-state index in [-0.39, 0.29) is 65.5 Å². The molecular formula is C48H30O. The lowest BCUT2D eigenvalue weighted by atomic mass is 9.83. The van der Waals surface area contributed by atoms with Gasteiger partial charge in [0, 0.05) is 10.8 Å². The number of fused-ring (bicyclic) bond motifs is 6. The zero-order chi connectivity index (χ0) is 51.5. The van der Waals surface area contributed by atoms with Gasteiger partial charge in [-0.25, -0.2) is 0 Å². The van der Waals surface area contributed by atoms with Gasteiger partial charge in [-0.3, -0.25) is 0 Å². The molecule has 0 N–H and O–H groups in total. The Morgan fingerprint density at radius 3 is 1.55 bits per heavy atom. The van der Waals surface area contributed by atoms with Crippen molar-refractivity contribution < 1.29 is 34.6 Å². The lowest BCUT2D eigenvalue weighted by Gasteiger charge is -2.20. The standard InChI is InChI=1S/C48H30O/c1-3-14-31(15-4-1)33-26-27-42-45(30-33)49-44-25-13-24-43(48(42)44)47-39-22-11-9-20-37(39)46(38-21-10-12-23-40(38)47)41-29-28-34(32-16-5-2-6-17-32)35-18-7-8-19-36(35)41/h1-30H/i1D,2D,3D,4D,5D,6D,7D,8D,13D,14D,15D,16D,17D,18D,19D,24D,25D,26D,27D,28D,29D,30D. The zero-order valence-corrected chi connectivity index (χ0v) is 25.0. The lowest BCUT2D eigenvalue weighted by Crippen LogP contribution is -1.92. The van der Waals surface area contributed by atoms with Crippen LogP contribution in [0.2, 0.25) is 0 Å². The smallest absolute Gasteiger partial charge is 0.136 e. The molecule has 9 aromatic carbocycles. The Hall–Kier alpha value is -6.44. The number of rotatable bonds is 4. The Morgan fingerprint density at radius 2 is 0.898 bits per heavy atom. The molecule has 0 fully saturated rings. The molecule has 1 nitrogen and oxygen atoms in total. The summed E-state index contributed by atoms with van der Waals surface area (Å²) in [4.78, 5) is 0. The summed E-state index contributed by atoms with van der Waals surface area (Å²) >= 11 is 0. The van der Waals surface area contributed by atoms with Crippen LogP contribution in [0, 0.1) is 0 Å². The predicted octanol–water partition coefficient (Wildman–Crippen LogP) is 13.7. The molecule has 0 unspecified atom stereocenters. The highest BCUT2D eigenvalue weighted by molar-refractivity contribution is 6.27. The first-order valence-corrected chi connectivity index (χ1v) is 15.1. The average molecular weight is 645 g/mol. The summed E-state index contributed by atoms with van der Waals surface area (Å²) in [5, 5.41) is -0.0138. The number of hydrogen-bond acceptors (Lipinski definition) is 1. The SMILES string of the molecule is [2H]c1c([2H])c([2H])c(-c2c([2H])c([2H])c3c(oc4c([2H])c([2H])c([2H])c(-c5c6ccccc6c(-c6c([2H])c([2H])c(-c7c([2H])c([2H])c([2H])c([2H])c7[2H])c7c([2H])c([2H])c([2H])c([2H])c67)c6ccccc56)c43)c2[2H])c([2H])c1[2H]. The zero-order valence-electron chi connectivity index (χ0n) is 47.0. The van der Waals surface area contributed by atoms with Gasteiger partial charge in [0.1, 0.15) is 11.2 Å². The molecule has 10 aromatic rings. The maximum absolute atomic E-state index is 9.73. The number of hydrogen-bond donors (Lipinski definition) is 0. The maximum atomic E-state index is 9.73. The first kappa shape index (κ1) is 13.6. The first-order chi connectivity index (χ1) is 33.5. The molecule has 0 atom stereocenters. The summed E-state index contributed by atoms with van der Waals surface area (Å²) in [5.74, 6) is 0. The fraction of sp³-hybridized carbons (Fsp3) is 0. The van der Waals surface area contributed by atoms with Gasteiger partial charge in [0.25, 0.3) is 0 Å². The molecule has 10 rings (SSSR count). The summed E-state index contributed by atoms with van der Waals surface area (Å²) in [7, 11) is 0. The molecule has 0 spiro atoms. The number of benzene rings is 9. The Kier molecular flexibility index (Phi) is 3.07. The van der Waals surface area contributed by atoms with Crippen LogP contribution in [0.5, 0.6) is 0 Å². The topological polar surface area (TPSA) is 13.1 Å². The van der Waals surface area contributed by atoms with E-state index < -0.39 is 166 Å². The van der Waals surface area contributed by atoms with Gasteiger partial charge >= 0.3 is 0 Å². The second-order valence-corrected chi connectivity index (χ2v) is 11.1. The van der Waals surface area contributed by atoms with Crippen molar-refractivity contribution in [2.45, 2.75) is 0 Å². The van der Waals surface area contributed by atoms with Crippen molar-refractivity contribution in [2.24, 2.45) is 0 Å². The molecule has 0 aliphatic carbocycles. The molecule has 1 heteroatoms. The van der Waals surface area contributed by atoms with E-state index in [1.54, 1.807) is 48.5 Å². The van der Waals surface area contributed by atoms with Gasteiger partial charge in [-0.05, 0) is 95.0 Å². The van der Waals surface area contributed by atoms with Gasteiger partial charge in [-0.1, -0.05) is 163 Å². The van der Waals surface area contributed by atoms with Crippen LogP contribution >= 0.6 is 0 Å². The van der Waals surface area contributed by atoms with Crippen LogP contribution in [0.4, 0.5) is 0 Å². The molecule has 0 saturated carbocycles. The van der Waals surface area contributed by atoms with Crippen molar-refractivity contribution in [1.29, 1.82) is 0 Å². The summed E-state index contributed by atoms with van der Waals surface area (Å²) < 4.78 is 202. The molecule has 0 radical (unpaired) electrons. The van der Waals surface area contributed by atoms with Crippen molar-refractivity contribution in [1.82, 2.24) is 0 Å². The highest BCUT2D eigenvalue weighted by atomic mass is 16.3. The van der Waals surface area contributed by atoms with Crippen LogP contribution in [0.1, 0.15) is 30.2 Å². The fourth-order valence-electron chi connectivity index (χ4n) is 6.49. The van der Waals surface area contributed by atoms with Gasteiger partial charge < -0.3 is 4.42 Å². The highest BCUT2D eigenvalue weighted by Gasteiger charge is 2.21. The van der Waals surface area contributed by atoms with E-state index in [4.69, 9.17) is 23.6 Å². The molecule has 0 aliphatic heterocycles. The third kappa shape index (κ3) is 4.33. The first-order valence-electron chi connectivity index (χ1n) is 26.1. The molecule has 1 heterocycles. The molecular weight excluding hydrogens is 593 g/mol. The summed E-state index contributed by atoms with van der Waals surface area (Å²) in [5.41, 5.74) is -2.85. The molecule has 1 aromatic heterocycles. The monoisotopic (exact) mass is 644 g/mol. The van der Waals surface area contributed by atoms with E-state index in [1.165, 1.54) is 0 Å². The van der Waals surface area contributed by atoms with Crippen molar-refractivity contribution >= 4 is 54.3 Å². The molecule has 49 heavy (non-hydrogen) atoms. The van der Waals surface area contributed by atoms with Gasteiger partial charge in [0.2, 0.25) is 0 Å². The van der Waals surface area contributed by atoms with Crippen molar-refractivity contribution in [2.75, 3.05) is 0 Å². The van der Waals surface area contributed by atoms with E-state index in [9.17, 15) is 11.0 Å². The maximum Gasteiger partial charge on any atom is 0.136 e. The number of furan rings is 1. The van der Waals surface area contributed by atoms with Crippen LogP contribution in [0.15, 0.2) is 186 Å². The van der Waals surface area contributed by atoms with E-state index in [0.29, 0.717) is 0 Å². The summed E-state index contributed by atoms with van der Waals surface area (Å²) in [6.07, 6.45) is 0. The molecule has 228 valence electrons. The lowest BCUT2D eigenvalue weighted by molar-refractivity contribution is 0.669. The molecule has 0 amide bonds. The van der Waals surface area contributed by atoms with Gasteiger partial charge in [0.15, 0.2) is 0 Å². The predicted molar refractivity (Wildman–Crippen MR) is 208 cm³/mol. The fourth-order valence-corrected chi connectivity index (χ4v) is 6.49. The van der Waals surface area contributed by atoms with Gasteiger partial charge in [0.05, 0.1) is 30.2 Å². The quantitative estimate of drug-likeness (QED) is 0.174. The average Bonchev–Trinajstić information content (AvgIpc) is 3.77. The third-order valence-electron chi connectivity index (χ3n) is 8.50. The molecule has 0 aliphatic rings. The highest BCUT2D eigenvalue weighted by Crippen LogP contribution is 2.48. The van der Waals surface area contributed by atoms with Crippen LogP contribution in [-0.4, -0.2) is 0 Å². The second kappa shape index (κ2) is 11.1. The summed E-state index contributed by atoms with van der Waals surface area (Å²) in [6, 6.07) is -2.58. The Morgan fingerprint density at radius 1 is 0.347 bits per heavy atom. The third-order valence-corrected chi connectivity index (χ3v) is 8.50. The van der Waals surface area contributed by atoms with Crippen LogP contribution in [0.25, 0.3) is 98.8 Å². The van der Waals surface area contributed by atoms with Crippen molar-refractivity contribution in [3.63, 3.8) is 0 Å². The molecule has 0 saturated heterocycles. The van der Waals surface area contributed by atoms with Crippen LogP contribution < -0.4 is 0 Å².